The zero-order valence-corrected chi connectivity index (χ0v) is 8.23. The van der Waals surface area contributed by atoms with Crippen LogP contribution in [0.5, 0.6) is 0 Å². The normalized spacial score (nSPS) is 13.3. The molecule has 3 nitrogen and oxygen atoms in total. The van der Waals surface area contributed by atoms with E-state index >= 15 is 0 Å². The molecule has 0 aliphatic heterocycles. The van der Waals surface area contributed by atoms with Crippen molar-refractivity contribution in [3.8, 4) is 0 Å². The number of para-hydroxylation sites is 2. The van der Waals surface area contributed by atoms with Crippen molar-refractivity contribution in [1.29, 1.82) is 0 Å². The molecule has 1 atom stereocenters. The molecule has 0 bridgehead atoms. The average molecular weight is 190 g/mol. The van der Waals surface area contributed by atoms with Gasteiger partial charge in [0.1, 0.15) is 5.52 Å². The maximum Gasteiger partial charge on any atom is 0.199 e. The summed E-state index contributed by atoms with van der Waals surface area (Å²) in [6.45, 7) is 2.68. The van der Waals surface area contributed by atoms with Crippen LogP contribution >= 0.6 is 0 Å². The highest BCUT2D eigenvalue weighted by Crippen LogP contribution is 2.22. The Balaban J connectivity index is 2.43. The number of aromatic nitrogens is 1. The fourth-order valence-corrected chi connectivity index (χ4v) is 1.51. The lowest BCUT2D eigenvalue weighted by molar-refractivity contribution is 0.465. The monoisotopic (exact) mass is 190 g/mol. The molecule has 1 aromatic carbocycles. The third-order valence-corrected chi connectivity index (χ3v) is 2.44. The van der Waals surface area contributed by atoms with Crippen molar-refractivity contribution in [2.75, 3.05) is 6.54 Å². The van der Waals surface area contributed by atoms with Crippen LogP contribution in [0.25, 0.3) is 11.1 Å². The smallest absolute Gasteiger partial charge is 0.199 e. The highest BCUT2D eigenvalue weighted by molar-refractivity contribution is 5.72. The van der Waals surface area contributed by atoms with Gasteiger partial charge in [-0.2, -0.15) is 0 Å². The minimum absolute atomic E-state index is 0.238. The standard InChI is InChI=1S/C11H14N2O/c1-2-8(7-12)11-13-9-5-3-4-6-10(9)14-11/h3-6,8H,2,7,12H2,1H3/t8-/m0/s1. The minimum atomic E-state index is 0.238. The maximum atomic E-state index is 5.64. The third kappa shape index (κ3) is 1.51. The van der Waals surface area contributed by atoms with E-state index in [2.05, 4.69) is 11.9 Å². The summed E-state index contributed by atoms with van der Waals surface area (Å²) in [6.07, 6.45) is 0.962. The van der Waals surface area contributed by atoms with Crippen molar-refractivity contribution in [2.45, 2.75) is 19.3 Å². The number of hydrogen-bond acceptors (Lipinski definition) is 3. The van der Waals surface area contributed by atoms with E-state index in [0.717, 1.165) is 23.4 Å². The lowest BCUT2D eigenvalue weighted by atomic mass is 10.1. The molecule has 0 fully saturated rings. The first-order valence-corrected chi connectivity index (χ1v) is 4.90. The van der Waals surface area contributed by atoms with E-state index in [-0.39, 0.29) is 5.92 Å². The van der Waals surface area contributed by atoms with E-state index in [1.807, 2.05) is 24.3 Å². The van der Waals surface area contributed by atoms with Gasteiger partial charge >= 0.3 is 0 Å². The molecule has 0 saturated heterocycles. The van der Waals surface area contributed by atoms with Crippen molar-refractivity contribution in [3.63, 3.8) is 0 Å². The van der Waals surface area contributed by atoms with E-state index in [1.54, 1.807) is 0 Å². The third-order valence-electron chi connectivity index (χ3n) is 2.44. The molecule has 1 heterocycles. The fraction of sp³-hybridized carbons (Fsp3) is 0.364. The summed E-state index contributed by atoms with van der Waals surface area (Å²) in [6, 6.07) is 7.78. The largest absolute Gasteiger partial charge is 0.440 e. The number of benzene rings is 1. The second-order valence-corrected chi connectivity index (χ2v) is 3.36. The summed E-state index contributed by atoms with van der Waals surface area (Å²) in [5, 5.41) is 0. The van der Waals surface area contributed by atoms with Crippen LogP contribution in [0.2, 0.25) is 0 Å². The van der Waals surface area contributed by atoms with E-state index in [1.165, 1.54) is 0 Å². The van der Waals surface area contributed by atoms with Crippen molar-refractivity contribution < 1.29 is 4.42 Å². The minimum Gasteiger partial charge on any atom is -0.440 e. The molecule has 0 saturated carbocycles. The van der Waals surface area contributed by atoms with Crippen molar-refractivity contribution in [1.82, 2.24) is 4.98 Å². The lowest BCUT2D eigenvalue weighted by Crippen LogP contribution is -2.11. The Hall–Kier alpha value is -1.35. The summed E-state index contributed by atoms with van der Waals surface area (Å²) in [5.41, 5.74) is 7.39. The molecule has 0 spiro atoms. The van der Waals surface area contributed by atoms with Gasteiger partial charge in [-0.1, -0.05) is 19.1 Å². The summed E-state index contributed by atoms with van der Waals surface area (Å²) in [7, 11) is 0. The van der Waals surface area contributed by atoms with Gasteiger partial charge in [-0.25, -0.2) is 4.98 Å². The van der Waals surface area contributed by atoms with Gasteiger partial charge in [-0.15, -0.1) is 0 Å². The van der Waals surface area contributed by atoms with Gasteiger partial charge in [-0.05, 0) is 18.6 Å². The van der Waals surface area contributed by atoms with Gasteiger partial charge in [0.15, 0.2) is 11.5 Å². The molecule has 0 amide bonds. The Morgan fingerprint density at radius 3 is 2.86 bits per heavy atom. The second-order valence-electron chi connectivity index (χ2n) is 3.36. The zero-order valence-electron chi connectivity index (χ0n) is 8.23. The molecule has 2 N–H and O–H groups in total. The highest BCUT2D eigenvalue weighted by atomic mass is 16.3. The average Bonchev–Trinajstić information content (AvgIpc) is 2.63. The van der Waals surface area contributed by atoms with Gasteiger partial charge in [0.25, 0.3) is 0 Å². The zero-order chi connectivity index (χ0) is 9.97. The second kappa shape index (κ2) is 3.80. The van der Waals surface area contributed by atoms with Crippen LogP contribution in [0.1, 0.15) is 25.2 Å². The SMILES string of the molecule is CC[C@@H](CN)c1nc2ccccc2o1. The van der Waals surface area contributed by atoms with Gasteiger partial charge in [0.2, 0.25) is 0 Å². The van der Waals surface area contributed by atoms with E-state index in [0.29, 0.717) is 6.54 Å². The number of nitrogens with zero attached hydrogens (tertiary/aromatic N) is 1. The molecule has 3 heteroatoms. The van der Waals surface area contributed by atoms with E-state index < -0.39 is 0 Å². The number of oxazole rings is 1. The Morgan fingerprint density at radius 1 is 1.43 bits per heavy atom. The summed E-state index contributed by atoms with van der Waals surface area (Å²) in [5.74, 6) is 0.999. The first-order valence-electron chi connectivity index (χ1n) is 4.90. The number of nitrogens with two attached hydrogens (primary N) is 1. The summed E-state index contributed by atoms with van der Waals surface area (Å²) >= 11 is 0. The fourth-order valence-electron chi connectivity index (χ4n) is 1.51. The maximum absolute atomic E-state index is 5.64. The van der Waals surface area contributed by atoms with Crippen LogP contribution in [-0.2, 0) is 0 Å². The van der Waals surface area contributed by atoms with Crippen LogP contribution in [0.4, 0.5) is 0 Å². The molecule has 0 aliphatic rings. The van der Waals surface area contributed by atoms with Gasteiger partial charge < -0.3 is 10.2 Å². The molecule has 2 aromatic rings. The van der Waals surface area contributed by atoms with Crippen molar-refractivity contribution >= 4 is 11.1 Å². The van der Waals surface area contributed by atoms with Crippen LogP contribution in [0.15, 0.2) is 28.7 Å². The summed E-state index contributed by atoms with van der Waals surface area (Å²) in [4.78, 5) is 4.41. The Morgan fingerprint density at radius 2 is 2.21 bits per heavy atom. The predicted molar refractivity (Wildman–Crippen MR) is 56.1 cm³/mol. The van der Waals surface area contributed by atoms with Crippen LogP contribution in [0.3, 0.4) is 0 Å². The van der Waals surface area contributed by atoms with Gasteiger partial charge in [-0.3, -0.25) is 0 Å². The molecular weight excluding hydrogens is 176 g/mol. The predicted octanol–water partition coefficient (Wildman–Crippen LogP) is 2.28. The number of hydrogen-bond donors (Lipinski definition) is 1. The molecule has 0 aliphatic carbocycles. The first kappa shape index (κ1) is 9.21. The highest BCUT2D eigenvalue weighted by Gasteiger charge is 2.14. The Bertz CT molecular complexity index is 385. The molecule has 1 aromatic heterocycles. The lowest BCUT2D eigenvalue weighted by Gasteiger charge is -2.05. The van der Waals surface area contributed by atoms with Crippen molar-refractivity contribution in [3.05, 3.63) is 30.2 Å². The van der Waals surface area contributed by atoms with Crippen LogP contribution < -0.4 is 5.73 Å². The van der Waals surface area contributed by atoms with Gasteiger partial charge in [0, 0.05) is 12.5 Å². The summed E-state index contributed by atoms with van der Waals surface area (Å²) < 4.78 is 5.62. The molecule has 74 valence electrons. The quantitative estimate of drug-likeness (QED) is 0.807. The van der Waals surface area contributed by atoms with Crippen LogP contribution in [-0.4, -0.2) is 11.5 Å². The molecule has 0 radical (unpaired) electrons. The van der Waals surface area contributed by atoms with Gasteiger partial charge in [0.05, 0.1) is 0 Å². The van der Waals surface area contributed by atoms with E-state index in [9.17, 15) is 0 Å². The molecule has 14 heavy (non-hydrogen) atoms. The Kier molecular flexibility index (Phi) is 2.50. The van der Waals surface area contributed by atoms with E-state index in [4.69, 9.17) is 10.2 Å². The van der Waals surface area contributed by atoms with Crippen molar-refractivity contribution in [2.24, 2.45) is 5.73 Å². The topological polar surface area (TPSA) is 52.0 Å². The number of fused-ring (bicyclic) bond motifs is 1. The molecule has 0 unspecified atom stereocenters. The first-order chi connectivity index (χ1) is 6.85. The Labute approximate surface area is 82.9 Å². The number of rotatable bonds is 3. The molecular formula is C11H14N2O. The molecule has 2 rings (SSSR count). The van der Waals surface area contributed by atoms with Crippen LogP contribution in [0, 0.1) is 0 Å².